The maximum atomic E-state index is 14.2. The van der Waals surface area contributed by atoms with E-state index in [1.54, 1.807) is 12.1 Å². The van der Waals surface area contributed by atoms with Crippen molar-refractivity contribution in [3.05, 3.63) is 64.8 Å². The van der Waals surface area contributed by atoms with Gasteiger partial charge in [-0.1, -0.05) is 31.9 Å². The molecule has 2 atom stereocenters. The van der Waals surface area contributed by atoms with Crippen molar-refractivity contribution < 1.29 is 33.1 Å². The molecule has 2 aliphatic heterocycles. The van der Waals surface area contributed by atoms with Gasteiger partial charge in [-0.25, -0.2) is 4.39 Å². The molecular formula is C33H48FN4O6PS. The van der Waals surface area contributed by atoms with Crippen LogP contribution in [-0.2, 0) is 19.6 Å². The minimum atomic E-state index is -4.93. The van der Waals surface area contributed by atoms with Crippen LogP contribution in [0.1, 0.15) is 85.5 Å². The minimum Gasteiger partial charge on any atom is -0.354 e. The Morgan fingerprint density at radius 2 is 1.85 bits per heavy atom. The Bertz CT molecular complexity index is 1430. The summed E-state index contributed by atoms with van der Waals surface area (Å²) in [4.78, 5) is 58.1. The second kappa shape index (κ2) is 19.0. The number of benzene rings is 1. The summed E-state index contributed by atoms with van der Waals surface area (Å²) in [7, 11) is -1.25. The molecule has 2 saturated heterocycles. The molecule has 0 aliphatic carbocycles. The number of carbonyl (C=O) groups excluding carboxylic acids is 3. The molecule has 0 saturated carbocycles. The molecule has 0 bridgehead atoms. The van der Waals surface area contributed by atoms with Crippen LogP contribution in [0.4, 0.5) is 4.39 Å². The number of alkyl halides is 1. The molecule has 46 heavy (non-hydrogen) atoms. The summed E-state index contributed by atoms with van der Waals surface area (Å²) in [5.74, 6) is 0.829. The zero-order chi connectivity index (χ0) is 34.3. The van der Waals surface area contributed by atoms with Crippen molar-refractivity contribution in [2.24, 2.45) is 0 Å². The fourth-order valence-corrected chi connectivity index (χ4v) is 6.67. The standard InChI is InChI=1S/C12H13FNO4PS.C10H14N2.C10H19NO.CH2O/c1-12(13,19(16,17)18)8-3-4-9-7(5-8)6-10(20-9)11(15)14-2;1-12-6-4-10(8-12)9-3-2-5-11-7-9;1-2-3-4-7-10(12)11-8-5-6-9-11;1-2/h3-6H,1-2H3,(H,14,15)(H2,16,17,18);2-3,5,7,10H,4,6,8H2,1H3;2-9H2,1H3;1H2. The molecule has 2 unspecified atom stereocenters. The highest BCUT2D eigenvalue weighted by molar-refractivity contribution is 7.52. The normalized spacial score (nSPS) is 17.5. The Morgan fingerprint density at radius 3 is 2.39 bits per heavy atom. The fraction of sp³-hybridized carbons (Fsp3) is 0.515. The number of likely N-dealkylation sites (N-methyl/N-ethyl adjacent to an activating group) is 1. The van der Waals surface area contributed by atoms with Crippen molar-refractivity contribution in [3.63, 3.8) is 0 Å². The van der Waals surface area contributed by atoms with E-state index < -0.39 is 13.0 Å². The van der Waals surface area contributed by atoms with Crippen molar-refractivity contribution in [2.75, 3.05) is 40.3 Å². The molecule has 3 N–H and O–H groups in total. The number of hydrogen-bond donors (Lipinski definition) is 3. The van der Waals surface area contributed by atoms with E-state index in [0.717, 1.165) is 37.6 Å². The van der Waals surface area contributed by atoms with Gasteiger partial charge in [-0.15, -0.1) is 11.3 Å². The first kappa shape index (κ1) is 39.2. The Morgan fingerprint density at radius 1 is 1.15 bits per heavy atom. The third kappa shape index (κ3) is 11.3. The molecule has 2 amide bonds. The van der Waals surface area contributed by atoms with Crippen LogP contribution in [0.5, 0.6) is 0 Å². The number of halogens is 1. The highest BCUT2D eigenvalue weighted by Crippen LogP contribution is 2.58. The van der Waals surface area contributed by atoms with Crippen molar-refractivity contribution in [1.82, 2.24) is 20.1 Å². The first-order chi connectivity index (χ1) is 21.9. The molecule has 10 nitrogen and oxygen atoms in total. The average Bonchev–Trinajstić information content (AvgIpc) is 3.83. The summed E-state index contributed by atoms with van der Waals surface area (Å²) < 4.78 is 26.2. The van der Waals surface area contributed by atoms with Gasteiger partial charge in [0.1, 0.15) is 6.79 Å². The molecule has 13 heteroatoms. The predicted molar refractivity (Wildman–Crippen MR) is 182 cm³/mol. The first-order valence-electron chi connectivity index (χ1n) is 15.5. The lowest BCUT2D eigenvalue weighted by Crippen LogP contribution is -2.27. The SMILES string of the molecule is C=O.CCCCCC(=O)N1CCCC1.CN1CCC(c2cccnc2)C1.CNC(=O)c1cc2cc(C(C)(F)P(=O)(O)O)ccc2s1. The second-order valence-corrected chi connectivity index (χ2v) is 14.5. The maximum absolute atomic E-state index is 14.2. The molecule has 3 aromatic rings. The minimum absolute atomic E-state index is 0.111. The maximum Gasteiger partial charge on any atom is 0.366 e. The Kier molecular flexibility index (Phi) is 16.1. The molecule has 0 spiro atoms. The highest BCUT2D eigenvalue weighted by atomic mass is 32.1. The quantitative estimate of drug-likeness (QED) is 0.192. The topological polar surface area (TPSA) is 140 Å². The van der Waals surface area contributed by atoms with Crippen LogP contribution >= 0.6 is 18.9 Å². The molecule has 4 heterocycles. The molecular weight excluding hydrogens is 630 g/mol. The number of nitrogens with one attached hydrogen (secondary N) is 1. The van der Waals surface area contributed by atoms with Crippen LogP contribution in [0, 0.1) is 0 Å². The molecule has 254 valence electrons. The molecule has 2 aliphatic rings. The van der Waals surface area contributed by atoms with E-state index in [2.05, 4.69) is 35.2 Å². The van der Waals surface area contributed by atoms with E-state index >= 15 is 0 Å². The van der Waals surface area contributed by atoms with Gasteiger partial charge in [0, 0.05) is 55.8 Å². The lowest BCUT2D eigenvalue weighted by molar-refractivity contribution is -0.130. The van der Waals surface area contributed by atoms with Crippen molar-refractivity contribution in [3.8, 4) is 0 Å². The average molecular weight is 679 g/mol. The summed E-state index contributed by atoms with van der Waals surface area (Å²) in [5.41, 5.74) is 1.28. The molecule has 5 rings (SSSR count). The smallest absolute Gasteiger partial charge is 0.354 e. The fourth-order valence-electron chi connectivity index (χ4n) is 5.21. The summed E-state index contributed by atoms with van der Waals surface area (Å²) in [6.45, 7) is 9.43. The van der Waals surface area contributed by atoms with E-state index in [4.69, 9.17) is 14.6 Å². The van der Waals surface area contributed by atoms with E-state index in [1.807, 2.05) is 30.1 Å². The third-order valence-corrected chi connectivity index (χ3v) is 10.5. The largest absolute Gasteiger partial charge is 0.366 e. The predicted octanol–water partition coefficient (Wildman–Crippen LogP) is 6.09. The van der Waals surface area contributed by atoms with Gasteiger partial charge in [0.2, 0.25) is 11.3 Å². The van der Waals surface area contributed by atoms with Gasteiger partial charge in [0.05, 0.1) is 4.88 Å². The number of likely N-dealkylation sites (tertiary alicyclic amines) is 2. The Balaban J connectivity index is 0.000000245. The number of nitrogens with zero attached hydrogens (tertiary/aromatic N) is 3. The van der Waals surface area contributed by atoms with Gasteiger partial charge in [-0.05, 0) is 87.3 Å². The van der Waals surface area contributed by atoms with Crippen molar-refractivity contribution in [1.29, 1.82) is 0 Å². The summed E-state index contributed by atoms with van der Waals surface area (Å²) in [6.07, 6.45) is 11.8. The number of unbranched alkanes of at least 4 members (excludes halogenated alkanes) is 2. The summed E-state index contributed by atoms with van der Waals surface area (Å²) in [5, 5.41) is 0.303. The molecule has 1 aromatic carbocycles. The number of rotatable bonds is 8. The number of aromatic nitrogens is 1. The number of pyridine rings is 1. The third-order valence-electron chi connectivity index (χ3n) is 8.04. The Labute approximate surface area is 275 Å². The number of thiophene rings is 1. The first-order valence-corrected chi connectivity index (χ1v) is 18.0. The molecule has 0 radical (unpaired) electrons. The van der Waals surface area contributed by atoms with E-state index in [1.165, 1.54) is 81.3 Å². The van der Waals surface area contributed by atoms with Gasteiger partial charge in [-0.3, -0.25) is 19.1 Å². The van der Waals surface area contributed by atoms with Crippen LogP contribution in [0.15, 0.2) is 48.8 Å². The lowest BCUT2D eigenvalue weighted by Gasteiger charge is -2.21. The lowest BCUT2D eigenvalue weighted by atomic mass is 10.0. The van der Waals surface area contributed by atoms with Gasteiger partial charge in [0.15, 0.2) is 0 Å². The summed E-state index contributed by atoms with van der Waals surface area (Å²) in [6, 6.07) is 10.0. The van der Waals surface area contributed by atoms with Crippen molar-refractivity contribution in [2.45, 2.75) is 70.1 Å². The highest BCUT2D eigenvalue weighted by Gasteiger charge is 2.44. The number of hydrogen-bond acceptors (Lipinski definition) is 7. The molecule has 2 fully saturated rings. The number of fused-ring (bicyclic) bond motifs is 1. The summed E-state index contributed by atoms with van der Waals surface area (Å²) >= 11 is 1.23. The zero-order valence-corrected chi connectivity index (χ0v) is 29.0. The van der Waals surface area contributed by atoms with Crippen LogP contribution < -0.4 is 5.32 Å². The number of amides is 2. The van der Waals surface area contributed by atoms with Crippen molar-refractivity contribution >= 4 is 47.6 Å². The second-order valence-electron chi connectivity index (χ2n) is 11.5. The van der Waals surface area contributed by atoms with Gasteiger partial charge in [0.25, 0.3) is 5.91 Å². The van der Waals surface area contributed by atoms with Crippen LogP contribution in [-0.4, -0.2) is 83.4 Å². The van der Waals surface area contributed by atoms with Crippen LogP contribution in [0.2, 0.25) is 0 Å². The Hall–Kier alpha value is -3.02. The van der Waals surface area contributed by atoms with Crippen LogP contribution in [0.3, 0.4) is 0 Å². The van der Waals surface area contributed by atoms with E-state index in [9.17, 15) is 18.5 Å². The van der Waals surface area contributed by atoms with Gasteiger partial charge in [-0.2, -0.15) is 0 Å². The monoisotopic (exact) mass is 678 g/mol. The van der Waals surface area contributed by atoms with E-state index in [0.29, 0.717) is 22.1 Å². The molecule has 2 aromatic heterocycles. The van der Waals surface area contributed by atoms with Crippen LogP contribution in [0.25, 0.3) is 10.1 Å². The van der Waals surface area contributed by atoms with Gasteiger partial charge >= 0.3 is 7.60 Å². The van der Waals surface area contributed by atoms with E-state index in [-0.39, 0.29) is 11.5 Å². The van der Waals surface area contributed by atoms with Gasteiger partial charge < -0.3 is 29.7 Å². The number of carbonyl (C=O) groups is 3. The zero-order valence-electron chi connectivity index (χ0n) is 27.3.